The van der Waals surface area contributed by atoms with E-state index in [-0.39, 0.29) is 0 Å². The number of hydrogen-bond acceptors (Lipinski definition) is 2. The second kappa shape index (κ2) is 1.55. The van der Waals surface area contributed by atoms with Crippen LogP contribution in [0.4, 0.5) is 0 Å². The van der Waals surface area contributed by atoms with Gasteiger partial charge in [-0.2, -0.15) is 0 Å². The van der Waals surface area contributed by atoms with Crippen LogP contribution >= 0.6 is 0 Å². The largest absolute Gasteiger partial charge is 0.259 e. The zero-order valence-corrected chi connectivity index (χ0v) is 4.70. The van der Waals surface area contributed by atoms with E-state index >= 15 is 0 Å². The maximum absolute atomic E-state index is 3.68. The van der Waals surface area contributed by atoms with Crippen LogP contribution in [0.15, 0.2) is 24.4 Å². The predicted octanol–water partition coefficient (Wildman–Crippen LogP) is 0.909. The van der Waals surface area contributed by atoms with Crippen molar-refractivity contribution in [1.29, 1.82) is 0 Å². The van der Waals surface area contributed by atoms with Crippen LogP contribution in [-0.2, 0) is 0 Å². The van der Waals surface area contributed by atoms with Gasteiger partial charge in [-0.15, -0.1) is 5.10 Å². The van der Waals surface area contributed by atoms with Crippen LogP contribution in [-0.4, -0.2) is 15.4 Å². The summed E-state index contributed by atoms with van der Waals surface area (Å²) in [6, 6.07) is 5.91. The van der Waals surface area contributed by atoms with E-state index in [1.165, 1.54) is 0 Å². The number of rotatable bonds is 0. The van der Waals surface area contributed by atoms with E-state index in [4.69, 9.17) is 0 Å². The third kappa shape index (κ3) is 0.579. The average Bonchev–Trinajstić information content (AvgIpc) is 2.33. The Kier molecular flexibility index (Phi) is 0.773. The third-order valence-electron chi connectivity index (χ3n) is 1.27. The first kappa shape index (κ1) is 4.49. The van der Waals surface area contributed by atoms with Gasteiger partial charge < -0.3 is 0 Å². The van der Waals surface area contributed by atoms with E-state index in [1.54, 1.807) is 6.20 Å². The number of nitrogens with one attached hydrogen (secondary N) is 1. The lowest BCUT2D eigenvalue weighted by molar-refractivity contribution is 0.871. The molecule has 0 aromatic rings. The van der Waals surface area contributed by atoms with E-state index in [1.807, 2.05) is 18.2 Å². The summed E-state index contributed by atoms with van der Waals surface area (Å²) in [6.45, 7) is 0. The van der Waals surface area contributed by atoms with Crippen LogP contribution in [0.5, 0.6) is 0 Å². The van der Waals surface area contributed by atoms with Crippen molar-refractivity contribution < 1.29 is 0 Å². The number of aromatic nitrogens is 3. The Labute approximate surface area is 52.1 Å². The van der Waals surface area contributed by atoms with E-state index in [0.717, 1.165) is 11.3 Å². The number of hydrogen-bond donors (Lipinski definition) is 1. The lowest BCUT2D eigenvalue weighted by Crippen LogP contribution is -1.87. The summed E-state index contributed by atoms with van der Waals surface area (Å²) in [5, 5.41) is 10.1. The van der Waals surface area contributed by atoms with Gasteiger partial charge >= 0.3 is 0 Å². The monoisotopic (exact) mass is 119 g/mol. The first-order valence-corrected chi connectivity index (χ1v) is 2.71. The molecule has 44 valence electrons. The highest BCUT2D eigenvalue weighted by molar-refractivity contribution is 5.59. The minimum Gasteiger partial charge on any atom is -0.259 e. The van der Waals surface area contributed by atoms with E-state index < -0.39 is 0 Å². The van der Waals surface area contributed by atoms with Gasteiger partial charge in [0.1, 0.15) is 0 Å². The van der Waals surface area contributed by atoms with Gasteiger partial charge in [0.15, 0.2) is 0 Å². The number of aromatic amines is 1. The Bertz CT molecular complexity index is 248. The average molecular weight is 119 g/mol. The molecule has 3 heteroatoms. The van der Waals surface area contributed by atoms with Gasteiger partial charge in [-0.25, -0.2) is 0 Å². The number of H-pyrrole nitrogens is 1. The summed E-state index contributed by atoms with van der Waals surface area (Å²) < 4.78 is 0. The zero-order chi connectivity index (χ0) is 6.10. The van der Waals surface area contributed by atoms with Gasteiger partial charge in [-0.1, -0.05) is 17.3 Å². The summed E-state index contributed by atoms with van der Waals surface area (Å²) in [7, 11) is 0. The SMILES string of the molecule is c1cc2cnn[nH]c-2c1. The van der Waals surface area contributed by atoms with Gasteiger partial charge in [0.2, 0.25) is 0 Å². The van der Waals surface area contributed by atoms with Crippen LogP contribution < -0.4 is 0 Å². The smallest absolute Gasteiger partial charge is 0.0667 e. The highest BCUT2D eigenvalue weighted by Crippen LogP contribution is 2.15. The summed E-state index contributed by atoms with van der Waals surface area (Å²) in [6.07, 6.45) is 1.73. The van der Waals surface area contributed by atoms with Crippen molar-refractivity contribution in [2.45, 2.75) is 0 Å². The highest BCUT2D eigenvalue weighted by Gasteiger charge is 1.98. The Morgan fingerprint density at radius 3 is 3.22 bits per heavy atom. The fraction of sp³-hybridized carbons (Fsp3) is 0. The molecule has 0 saturated heterocycles. The van der Waals surface area contributed by atoms with Crippen molar-refractivity contribution in [2.24, 2.45) is 0 Å². The third-order valence-corrected chi connectivity index (χ3v) is 1.27. The fourth-order valence-corrected chi connectivity index (χ4v) is 0.822. The molecule has 0 unspecified atom stereocenters. The fourth-order valence-electron chi connectivity index (χ4n) is 0.822. The molecule has 3 nitrogen and oxygen atoms in total. The summed E-state index contributed by atoms with van der Waals surface area (Å²) in [5.74, 6) is 0. The van der Waals surface area contributed by atoms with Crippen molar-refractivity contribution in [3.05, 3.63) is 24.4 Å². The van der Waals surface area contributed by atoms with Crippen LogP contribution in [0.3, 0.4) is 0 Å². The van der Waals surface area contributed by atoms with Crippen molar-refractivity contribution in [1.82, 2.24) is 15.4 Å². The molecule has 0 saturated carbocycles. The number of fused-ring (bicyclic) bond motifs is 1. The molecule has 2 rings (SSSR count). The molecule has 1 heterocycles. The highest BCUT2D eigenvalue weighted by atomic mass is 15.3. The van der Waals surface area contributed by atoms with Crippen molar-refractivity contribution in [3.8, 4) is 11.3 Å². The Morgan fingerprint density at radius 2 is 2.33 bits per heavy atom. The summed E-state index contributed by atoms with van der Waals surface area (Å²) in [4.78, 5) is 0. The van der Waals surface area contributed by atoms with Gasteiger partial charge in [0, 0.05) is 5.56 Å². The van der Waals surface area contributed by atoms with Gasteiger partial charge in [-0.3, -0.25) is 5.10 Å². The molecule has 1 aliphatic carbocycles. The molecular formula is C6H5N3. The molecule has 0 spiro atoms. The second-order valence-electron chi connectivity index (χ2n) is 1.85. The topological polar surface area (TPSA) is 41.6 Å². The first-order valence-electron chi connectivity index (χ1n) is 2.71. The first-order chi connectivity index (χ1) is 4.47. The normalized spacial score (nSPS) is 10.2. The van der Waals surface area contributed by atoms with E-state index in [9.17, 15) is 0 Å². The summed E-state index contributed by atoms with van der Waals surface area (Å²) in [5.41, 5.74) is 2.13. The van der Waals surface area contributed by atoms with E-state index in [2.05, 4.69) is 15.4 Å². The van der Waals surface area contributed by atoms with Crippen molar-refractivity contribution in [3.63, 3.8) is 0 Å². The molecule has 0 aromatic carbocycles. The lowest BCUT2D eigenvalue weighted by atomic mass is 10.3. The molecule has 9 heavy (non-hydrogen) atoms. The summed E-state index contributed by atoms with van der Waals surface area (Å²) >= 11 is 0. The molecule has 0 aromatic heterocycles. The Morgan fingerprint density at radius 1 is 1.33 bits per heavy atom. The molecule has 1 N–H and O–H groups in total. The molecule has 2 aliphatic rings. The van der Waals surface area contributed by atoms with Crippen LogP contribution in [0.2, 0.25) is 0 Å². The minimum absolute atomic E-state index is 1.03. The molecule has 1 aliphatic heterocycles. The zero-order valence-electron chi connectivity index (χ0n) is 4.70. The van der Waals surface area contributed by atoms with Crippen LogP contribution in [0.25, 0.3) is 11.3 Å². The van der Waals surface area contributed by atoms with Gasteiger partial charge in [0.05, 0.1) is 11.9 Å². The molecule has 0 radical (unpaired) electrons. The van der Waals surface area contributed by atoms with Gasteiger partial charge in [-0.05, 0) is 6.07 Å². The molecule has 0 bridgehead atoms. The van der Waals surface area contributed by atoms with Crippen molar-refractivity contribution >= 4 is 0 Å². The van der Waals surface area contributed by atoms with Crippen LogP contribution in [0, 0.1) is 0 Å². The lowest BCUT2D eigenvalue weighted by Gasteiger charge is -1.91. The maximum Gasteiger partial charge on any atom is 0.0667 e. The maximum atomic E-state index is 3.68. The van der Waals surface area contributed by atoms with E-state index in [0.29, 0.717) is 0 Å². The predicted molar refractivity (Wildman–Crippen MR) is 33.0 cm³/mol. The minimum atomic E-state index is 1.03. The molecular weight excluding hydrogens is 114 g/mol. The Balaban J connectivity index is 2.79. The quantitative estimate of drug-likeness (QED) is 0.560. The number of nitrogens with zero attached hydrogens (tertiary/aromatic N) is 2. The molecule has 0 fully saturated rings. The van der Waals surface area contributed by atoms with Crippen molar-refractivity contribution in [2.75, 3.05) is 0 Å². The van der Waals surface area contributed by atoms with Gasteiger partial charge in [0.25, 0.3) is 0 Å². The second-order valence-corrected chi connectivity index (χ2v) is 1.85. The van der Waals surface area contributed by atoms with Crippen LogP contribution in [0.1, 0.15) is 0 Å². The Hall–Kier alpha value is -1.38. The molecule has 0 amide bonds. The molecule has 0 atom stereocenters. The standard InChI is InChI=1S/C6H5N3/c1-2-5-4-7-9-8-6(5)3-1/h1-4H,(H,7,8).